The number of carbonyl (C=O) groups excluding carboxylic acids is 1. The number of hydrogen-bond acceptors (Lipinski definition) is 3. The Kier molecular flexibility index (Phi) is 6.99. The number of benzene rings is 1. The summed E-state index contributed by atoms with van der Waals surface area (Å²) in [5, 5.41) is 6.18. The van der Waals surface area contributed by atoms with Gasteiger partial charge >= 0.3 is 0 Å². The zero-order valence-corrected chi connectivity index (χ0v) is 13.8. The summed E-state index contributed by atoms with van der Waals surface area (Å²) in [7, 11) is 0. The van der Waals surface area contributed by atoms with E-state index in [1.54, 1.807) is 0 Å². The van der Waals surface area contributed by atoms with Gasteiger partial charge < -0.3 is 15.4 Å². The number of halogens is 1. The quantitative estimate of drug-likeness (QED) is 0.791. The van der Waals surface area contributed by atoms with Crippen molar-refractivity contribution in [1.29, 1.82) is 0 Å². The van der Waals surface area contributed by atoms with Gasteiger partial charge in [0, 0.05) is 19.5 Å². The fraction of sp³-hybridized carbons (Fsp3) is 0.562. The Morgan fingerprint density at radius 2 is 1.95 bits per heavy atom. The van der Waals surface area contributed by atoms with Gasteiger partial charge in [0.05, 0.1) is 0 Å². The maximum Gasteiger partial charge on any atom is 0.261 e. The Balaban J connectivity index is 0.00000220. The zero-order chi connectivity index (χ0) is 14.5. The van der Waals surface area contributed by atoms with Crippen LogP contribution in [0.4, 0.5) is 0 Å². The van der Waals surface area contributed by atoms with Crippen LogP contribution in [0.3, 0.4) is 0 Å². The average Bonchev–Trinajstić information content (AvgIpc) is 2.82. The molecule has 0 saturated heterocycles. The lowest BCUT2D eigenvalue weighted by Gasteiger charge is -2.11. The molecule has 0 bridgehead atoms. The highest BCUT2D eigenvalue weighted by atomic mass is 35.5. The van der Waals surface area contributed by atoms with Crippen LogP contribution in [0.5, 0.6) is 5.75 Å². The molecule has 5 heteroatoms. The Bertz CT molecular complexity index is 460. The fourth-order valence-corrected chi connectivity index (χ4v) is 2.35. The number of rotatable bonds is 6. The van der Waals surface area contributed by atoms with Gasteiger partial charge in [-0.15, -0.1) is 12.4 Å². The van der Waals surface area contributed by atoms with E-state index in [1.165, 1.54) is 11.1 Å². The van der Waals surface area contributed by atoms with Gasteiger partial charge in [-0.25, -0.2) is 0 Å². The predicted molar refractivity (Wildman–Crippen MR) is 87.5 cm³/mol. The standard InChI is InChI=1S/C16H24N2O2.ClH/c1-4-5-17-6-7-18-16(19)15-10-13-8-11(2)12(3)9-14(13)20-15;/h8-9,15,17H,4-7,10H2,1-3H3,(H,18,19);1H. The molecule has 0 aliphatic carbocycles. The number of aryl methyl sites for hydroxylation is 2. The molecule has 1 aliphatic rings. The van der Waals surface area contributed by atoms with Crippen molar-refractivity contribution in [3.8, 4) is 5.75 Å². The number of hydrogen-bond donors (Lipinski definition) is 2. The van der Waals surface area contributed by atoms with Gasteiger partial charge in [-0.1, -0.05) is 13.0 Å². The molecule has 118 valence electrons. The highest BCUT2D eigenvalue weighted by molar-refractivity contribution is 5.85. The smallest absolute Gasteiger partial charge is 0.261 e. The minimum Gasteiger partial charge on any atom is -0.480 e. The van der Waals surface area contributed by atoms with Crippen molar-refractivity contribution in [2.75, 3.05) is 19.6 Å². The lowest BCUT2D eigenvalue weighted by Crippen LogP contribution is -2.40. The summed E-state index contributed by atoms with van der Waals surface area (Å²) in [6, 6.07) is 4.15. The van der Waals surface area contributed by atoms with Gasteiger partial charge in [-0.2, -0.15) is 0 Å². The normalized spacial score (nSPS) is 15.9. The predicted octanol–water partition coefficient (Wildman–Crippen LogP) is 2.14. The first-order chi connectivity index (χ1) is 9.61. The lowest BCUT2D eigenvalue weighted by atomic mass is 10.0. The molecule has 4 nitrogen and oxygen atoms in total. The van der Waals surface area contributed by atoms with E-state index in [9.17, 15) is 4.79 Å². The second-order valence-corrected chi connectivity index (χ2v) is 5.40. The van der Waals surface area contributed by atoms with E-state index in [0.29, 0.717) is 13.0 Å². The molecule has 0 radical (unpaired) electrons. The number of amides is 1. The Hall–Kier alpha value is -1.26. The van der Waals surface area contributed by atoms with E-state index in [0.717, 1.165) is 30.8 Å². The summed E-state index contributed by atoms with van der Waals surface area (Å²) in [5.74, 6) is 0.840. The minimum absolute atomic E-state index is 0. The summed E-state index contributed by atoms with van der Waals surface area (Å²) >= 11 is 0. The first-order valence-electron chi connectivity index (χ1n) is 7.37. The van der Waals surface area contributed by atoms with E-state index in [4.69, 9.17) is 4.74 Å². The minimum atomic E-state index is -0.377. The van der Waals surface area contributed by atoms with E-state index in [1.807, 2.05) is 6.07 Å². The molecule has 0 aromatic heterocycles. The van der Waals surface area contributed by atoms with Crippen LogP contribution < -0.4 is 15.4 Å². The fourth-order valence-electron chi connectivity index (χ4n) is 2.35. The van der Waals surface area contributed by atoms with Gasteiger partial charge in [0.1, 0.15) is 5.75 Å². The second kappa shape index (κ2) is 8.25. The van der Waals surface area contributed by atoms with Crippen molar-refractivity contribution < 1.29 is 9.53 Å². The summed E-state index contributed by atoms with van der Waals surface area (Å²) < 4.78 is 5.75. The summed E-state index contributed by atoms with van der Waals surface area (Å²) in [4.78, 5) is 12.1. The van der Waals surface area contributed by atoms with Crippen molar-refractivity contribution in [1.82, 2.24) is 10.6 Å². The first kappa shape index (κ1) is 17.8. The monoisotopic (exact) mass is 312 g/mol. The Labute approximate surface area is 133 Å². The summed E-state index contributed by atoms with van der Waals surface area (Å²) in [5.41, 5.74) is 3.59. The van der Waals surface area contributed by atoms with Crippen molar-refractivity contribution in [3.05, 3.63) is 28.8 Å². The lowest BCUT2D eigenvalue weighted by molar-refractivity contribution is -0.127. The molecule has 0 spiro atoms. The summed E-state index contributed by atoms with van der Waals surface area (Å²) in [6.07, 6.45) is 1.40. The number of ether oxygens (including phenoxy) is 1. The Morgan fingerprint density at radius 3 is 2.67 bits per heavy atom. The van der Waals surface area contributed by atoms with Crippen LogP contribution in [0.15, 0.2) is 12.1 Å². The molecule has 2 rings (SSSR count). The first-order valence-corrected chi connectivity index (χ1v) is 7.37. The molecule has 2 N–H and O–H groups in total. The van der Waals surface area contributed by atoms with Crippen molar-refractivity contribution >= 4 is 18.3 Å². The van der Waals surface area contributed by atoms with Crippen LogP contribution >= 0.6 is 12.4 Å². The van der Waals surface area contributed by atoms with Crippen LogP contribution in [-0.2, 0) is 11.2 Å². The molecular weight excluding hydrogens is 288 g/mol. The third kappa shape index (κ3) is 4.61. The maximum atomic E-state index is 12.1. The van der Waals surface area contributed by atoms with E-state index in [2.05, 4.69) is 37.5 Å². The molecular formula is C16H25ClN2O2. The number of nitrogens with one attached hydrogen (secondary N) is 2. The van der Waals surface area contributed by atoms with Gasteiger partial charge in [0.15, 0.2) is 6.10 Å². The molecule has 1 heterocycles. The van der Waals surface area contributed by atoms with Crippen molar-refractivity contribution in [2.45, 2.75) is 39.7 Å². The molecule has 1 aliphatic heterocycles. The van der Waals surface area contributed by atoms with E-state index in [-0.39, 0.29) is 24.4 Å². The SMILES string of the molecule is CCCNCCNC(=O)C1Cc2cc(C)c(C)cc2O1.Cl. The number of fused-ring (bicyclic) bond motifs is 1. The van der Waals surface area contributed by atoms with Crippen LogP contribution in [0.2, 0.25) is 0 Å². The largest absolute Gasteiger partial charge is 0.480 e. The highest BCUT2D eigenvalue weighted by Crippen LogP contribution is 2.31. The highest BCUT2D eigenvalue weighted by Gasteiger charge is 2.29. The zero-order valence-electron chi connectivity index (χ0n) is 13.0. The van der Waals surface area contributed by atoms with E-state index >= 15 is 0 Å². The third-order valence-electron chi connectivity index (χ3n) is 3.67. The maximum absolute atomic E-state index is 12.1. The van der Waals surface area contributed by atoms with Gasteiger partial charge in [0.25, 0.3) is 5.91 Å². The van der Waals surface area contributed by atoms with Gasteiger partial charge in [-0.05, 0) is 49.6 Å². The molecule has 1 aromatic rings. The van der Waals surface area contributed by atoms with E-state index < -0.39 is 0 Å². The van der Waals surface area contributed by atoms with Crippen LogP contribution in [-0.4, -0.2) is 31.6 Å². The van der Waals surface area contributed by atoms with Crippen LogP contribution in [0.1, 0.15) is 30.0 Å². The molecule has 0 saturated carbocycles. The number of carbonyl (C=O) groups is 1. The molecule has 1 amide bonds. The molecule has 21 heavy (non-hydrogen) atoms. The molecule has 1 atom stereocenters. The molecule has 1 aromatic carbocycles. The molecule has 0 fully saturated rings. The topological polar surface area (TPSA) is 50.4 Å². The summed E-state index contributed by atoms with van der Waals surface area (Å²) in [6.45, 7) is 8.71. The average molecular weight is 313 g/mol. The molecule has 1 unspecified atom stereocenters. The van der Waals surface area contributed by atoms with Crippen molar-refractivity contribution in [3.63, 3.8) is 0 Å². The van der Waals surface area contributed by atoms with Crippen LogP contribution in [0.25, 0.3) is 0 Å². The van der Waals surface area contributed by atoms with Gasteiger partial charge in [-0.3, -0.25) is 4.79 Å². The van der Waals surface area contributed by atoms with Gasteiger partial charge in [0.2, 0.25) is 0 Å². The van der Waals surface area contributed by atoms with Crippen molar-refractivity contribution in [2.24, 2.45) is 0 Å². The Morgan fingerprint density at radius 1 is 1.24 bits per heavy atom. The second-order valence-electron chi connectivity index (χ2n) is 5.40. The van der Waals surface area contributed by atoms with Crippen LogP contribution in [0, 0.1) is 13.8 Å². The third-order valence-corrected chi connectivity index (χ3v) is 3.67.